The molecule has 3 aromatic heterocycles. The van der Waals surface area contributed by atoms with E-state index < -0.39 is 0 Å². The average Bonchev–Trinajstić information content (AvgIpc) is 2.94. The van der Waals surface area contributed by atoms with Crippen LogP contribution in [0.5, 0.6) is 0 Å². The minimum Gasteiger partial charge on any atom is -0.352 e. The van der Waals surface area contributed by atoms with Gasteiger partial charge in [0.1, 0.15) is 17.7 Å². The largest absolute Gasteiger partial charge is 0.352 e. The molecule has 1 aliphatic rings. The van der Waals surface area contributed by atoms with Gasteiger partial charge in [0.2, 0.25) is 0 Å². The Labute approximate surface area is 139 Å². The summed E-state index contributed by atoms with van der Waals surface area (Å²) >= 11 is 0. The molecule has 3 aromatic rings. The number of pyridine rings is 1. The number of rotatable bonds is 3. The van der Waals surface area contributed by atoms with Crippen LogP contribution >= 0.6 is 0 Å². The zero-order valence-electron chi connectivity index (χ0n) is 13.5. The quantitative estimate of drug-likeness (QED) is 0.712. The molecular weight excluding hydrogens is 304 g/mol. The van der Waals surface area contributed by atoms with Crippen LogP contribution < -0.4 is 9.80 Å². The van der Waals surface area contributed by atoms with Crippen LogP contribution in [0.3, 0.4) is 0 Å². The zero-order valence-corrected chi connectivity index (χ0v) is 13.5. The first-order chi connectivity index (χ1) is 11.7. The minimum absolute atomic E-state index is 0.298. The van der Waals surface area contributed by atoms with E-state index in [4.69, 9.17) is 0 Å². The van der Waals surface area contributed by atoms with E-state index in [2.05, 4.69) is 36.1 Å². The van der Waals surface area contributed by atoms with Gasteiger partial charge in [-0.15, -0.1) is 15.3 Å². The van der Waals surface area contributed by atoms with Crippen molar-refractivity contribution in [1.82, 2.24) is 24.8 Å². The average molecular weight is 320 g/mol. The SMILES string of the molecule is Cc1nnc2ccc(N3CC(N(C)c4ncccc4C#N)C3)nn12. The second kappa shape index (κ2) is 5.45. The summed E-state index contributed by atoms with van der Waals surface area (Å²) in [6.45, 7) is 3.54. The molecule has 0 N–H and O–H groups in total. The van der Waals surface area contributed by atoms with Crippen molar-refractivity contribution in [2.75, 3.05) is 29.9 Å². The van der Waals surface area contributed by atoms with Crippen molar-refractivity contribution in [3.8, 4) is 6.07 Å². The van der Waals surface area contributed by atoms with E-state index in [0.717, 1.165) is 36.2 Å². The molecule has 4 rings (SSSR count). The van der Waals surface area contributed by atoms with E-state index in [1.807, 2.05) is 26.1 Å². The summed E-state index contributed by atoms with van der Waals surface area (Å²) in [5.74, 6) is 2.40. The Bertz CT molecular complexity index is 935. The van der Waals surface area contributed by atoms with Gasteiger partial charge in [0.15, 0.2) is 11.5 Å². The van der Waals surface area contributed by atoms with Crippen molar-refractivity contribution in [2.45, 2.75) is 13.0 Å². The molecule has 0 bridgehead atoms. The lowest BCUT2D eigenvalue weighted by Gasteiger charge is -2.45. The van der Waals surface area contributed by atoms with Crippen molar-refractivity contribution >= 4 is 17.3 Å². The second-order valence-corrected chi connectivity index (χ2v) is 5.86. The fourth-order valence-corrected chi connectivity index (χ4v) is 2.88. The standard InChI is InChI=1S/C16H16N8/c1-11-19-20-14-5-6-15(21-24(11)14)23-9-13(10-23)22(2)16-12(8-17)4-3-7-18-16/h3-7,13H,9-10H2,1-2H3. The number of fused-ring (bicyclic) bond motifs is 1. The smallest absolute Gasteiger partial charge is 0.178 e. The molecule has 0 saturated carbocycles. The van der Waals surface area contributed by atoms with Gasteiger partial charge in [0.05, 0.1) is 11.6 Å². The van der Waals surface area contributed by atoms with Gasteiger partial charge < -0.3 is 9.80 Å². The molecule has 1 saturated heterocycles. The van der Waals surface area contributed by atoms with Gasteiger partial charge in [-0.3, -0.25) is 0 Å². The molecule has 0 spiro atoms. The molecule has 1 aliphatic heterocycles. The number of likely N-dealkylation sites (N-methyl/N-ethyl adjacent to an activating group) is 1. The summed E-state index contributed by atoms with van der Waals surface area (Å²) in [7, 11) is 1.98. The second-order valence-electron chi connectivity index (χ2n) is 5.86. The Morgan fingerprint density at radius 3 is 2.88 bits per heavy atom. The lowest BCUT2D eigenvalue weighted by molar-refractivity contribution is 0.486. The Morgan fingerprint density at radius 2 is 2.08 bits per heavy atom. The molecule has 24 heavy (non-hydrogen) atoms. The summed E-state index contributed by atoms with van der Waals surface area (Å²) in [6.07, 6.45) is 1.72. The van der Waals surface area contributed by atoms with Crippen LogP contribution in [0.15, 0.2) is 30.5 Å². The van der Waals surface area contributed by atoms with Gasteiger partial charge in [-0.2, -0.15) is 9.78 Å². The lowest BCUT2D eigenvalue weighted by atomic mass is 10.1. The molecule has 0 unspecified atom stereocenters. The summed E-state index contributed by atoms with van der Waals surface area (Å²) < 4.78 is 1.75. The maximum absolute atomic E-state index is 9.22. The third-order valence-electron chi connectivity index (χ3n) is 4.38. The first-order valence-corrected chi connectivity index (χ1v) is 7.69. The number of aromatic nitrogens is 5. The Morgan fingerprint density at radius 1 is 1.25 bits per heavy atom. The van der Waals surface area contributed by atoms with Gasteiger partial charge in [0.25, 0.3) is 0 Å². The van der Waals surface area contributed by atoms with Crippen LogP contribution in [-0.4, -0.2) is 51.0 Å². The predicted octanol–water partition coefficient (Wildman–Crippen LogP) is 1.02. The van der Waals surface area contributed by atoms with Gasteiger partial charge in [0, 0.05) is 26.3 Å². The van der Waals surface area contributed by atoms with Crippen LogP contribution in [0.25, 0.3) is 5.65 Å². The lowest BCUT2D eigenvalue weighted by Crippen LogP contribution is -2.59. The van der Waals surface area contributed by atoms with Crippen molar-refractivity contribution in [1.29, 1.82) is 5.26 Å². The maximum atomic E-state index is 9.22. The molecule has 8 nitrogen and oxygen atoms in total. The van der Waals surface area contributed by atoms with Gasteiger partial charge in [-0.05, 0) is 31.2 Å². The molecular formula is C16H16N8. The number of nitriles is 1. The number of nitrogens with zero attached hydrogens (tertiary/aromatic N) is 8. The Balaban J connectivity index is 1.51. The molecule has 4 heterocycles. The molecule has 8 heteroatoms. The maximum Gasteiger partial charge on any atom is 0.178 e. The van der Waals surface area contributed by atoms with Gasteiger partial charge >= 0.3 is 0 Å². The van der Waals surface area contributed by atoms with Crippen molar-refractivity contribution in [3.05, 3.63) is 41.9 Å². The van der Waals surface area contributed by atoms with Crippen LogP contribution in [0.4, 0.5) is 11.6 Å². The Kier molecular flexibility index (Phi) is 3.27. The third kappa shape index (κ3) is 2.22. The topological polar surface area (TPSA) is 86.2 Å². The van der Waals surface area contributed by atoms with E-state index in [1.54, 1.807) is 22.8 Å². The van der Waals surface area contributed by atoms with Crippen LogP contribution in [0.2, 0.25) is 0 Å². The third-order valence-corrected chi connectivity index (χ3v) is 4.38. The minimum atomic E-state index is 0.298. The van der Waals surface area contributed by atoms with Gasteiger partial charge in [-0.1, -0.05) is 0 Å². The number of hydrogen-bond donors (Lipinski definition) is 0. The van der Waals surface area contributed by atoms with E-state index in [1.165, 1.54) is 0 Å². The molecule has 0 aromatic carbocycles. The molecule has 0 atom stereocenters. The monoisotopic (exact) mass is 320 g/mol. The summed E-state index contributed by atoms with van der Waals surface area (Å²) in [5, 5.41) is 21.9. The van der Waals surface area contributed by atoms with Crippen molar-refractivity contribution in [2.24, 2.45) is 0 Å². The van der Waals surface area contributed by atoms with E-state index in [9.17, 15) is 5.26 Å². The van der Waals surface area contributed by atoms with Gasteiger partial charge in [-0.25, -0.2) is 4.98 Å². The zero-order chi connectivity index (χ0) is 16.7. The van der Waals surface area contributed by atoms with Crippen LogP contribution in [-0.2, 0) is 0 Å². The molecule has 0 radical (unpaired) electrons. The first kappa shape index (κ1) is 14.4. The highest BCUT2D eigenvalue weighted by atomic mass is 15.4. The fraction of sp³-hybridized carbons (Fsp3) is 0.312. The highest BCUT2D eigenvalue weighted by Gasteiger charge is 2.32. The summed E-state index contributed by atoms with van der Waals surface area (Å²) in [5.41, 5.74) is 1.34. The predicted molar refractivity (Wildman–Crippen MR) is 88.9 cm³/mol. The van der Waals surface area contributed by atoms with Crippen molar-refractivity contribution in [3.63, 3.8) is 0 Å². The van der Waals surface area contributed by atoms with E-state index in [0.29, 0.717) is 11.6 Å². The normalized spacial score (nSPS) is 14.5. The fourth-order valence-electron chi connectivity index (χ4n) is 2.88. The summed E-state index contributed by atoms with van der Waals surface area (Å²) in [6, 6.07) is 9.95. The number of aryl methyl sites for hydroxylation is 1. The molecule has 0 amide bonds. The summed E-state index contributed by atoms with van der Waals surface area (Å²) in [4.78, 5) is 8.60. The molecule has 0 aliphatic carbocycles. The van der Waals surface area contributed by atoms with Crippen LogP contribution in [0, 0.1) is 18.3 Å². The number of anilines is 2. The molecule has 1 fully saturated rings. The van der Waals surface area contributed by atoms with E-state index in [-0.39, 0.29) is 0 Å². The molecule has 120 valence electrons. The van der Waals surface area contributed by atoms with Crippen LogP contribution in [0.1, 0.15) is 11.4 Å². The van der Waals surface area contributed by atoms with Crippen molar-refractivity contribution < 1.29 is 0 Å². The highest BCUT2D eigenvalue weighted by Crippen LogP contribution is 2.25. The highest BCUT2D eigenvalue weighted by molar-refractivity contribution is 5.56. The first-order valence-electron chi connectivity index (χ1n) is 7.69. The Hall–Kier alpha value is -3.21. The van der Waals surface area contributed by atoms with E-state index >= 15 is 0 Å². The number of hydrogen-bond acceptors (Lipinski definition) is 7.